The molecular formula is C24H27N5O3S. The van der Waals surface area contributed by atoms with E-state index in [1.54, 1.807) is 44.6 Å². The Morgan fingerprint density at radius 3 is 2.30 bits per heavy atom. The first kappa shape index (κ1) is 25.3. The first-order valence-electron chi connectivity index (χ1n) is 10.2. The smallest absolute Gasteiger partial charge is 0.270 e. The first-order valence-corrected chi connectivity index (χ1v) is 11.0. The van der Waals surface area contributed by atoms with E-state index in [0.29, 0.717) is 21.5 Å². The highest BCUT2D eigenvalue weighted by molar-refractivity contribution is 7.19. The predicted octanol–water partition coefficient (Wildman–Crippen LogP) is 5.11. The largest absolute Gasteiger partial charge is 0.497 e. The number of methoxy groups -OCH3 is 1. The number of nitrogens with one attached hydrogen (secondary N) is 2. The zero-order chi connectivity index (χ0) is 24.2. The maximum Gasteiger partial charge on any atom is 0.270 e. The van der Waals surface area contributed by atoms with Crippen LogP contribution in [0.15, 0.2) is 60.8 Å². The average Bonchev–Trinajstić information content (AvgIpc) is 3.29. The molecule has 0 saturated carbocycles. The van der Waals surface area contributed by atoms with Crippen LogP contribution in [-0.2, 0) is 0 Å². The molecule has 0 radical (unpaired) electrons. The number of fused-ring (bicyclic) bond motifs is 1. The van der Waals surface area contributed by atoms with Crippen molar-refractivity contribution in [1.82, 2.24) is 9.97 Å². The standard InChI is InChI=1S/C14H13N5OS.C8H8O2.C2H6/c1-16-13-11(12(15)20)19-14(21-13)18-10-6-8-4-2-3-5-9(8)7-17-10;1-10-8-4-2-7(6-9)3-5-8;1-2/h2-7,16H,1H3,(H2,15,20)(H,17,18,19);2-6H,1H3;1-2H3. The SMILES string of the molecule is CC.CNc1sc(Nc2cc3ccccc3cn2)nc1C(N)=O.COc1ccc(C=O)cc1. The molecule has 4 N–H and O–H groups in total. The summed E-state index contributed by atoms with van der Waals surface area (Å²) in [6.07, 6.45) is 2.60. The van der Waals surface area contributed by atoms with Crippen molar-refractivity contribution >= 4 is 50.3 Å². The summed E-state index contributed by atoms with van der Waals surface area (Å²) in [4.78, 5) is 30.0. The van der Waals surface area contributed by atoms with E-state index in [4.69, 9.17) is 10.5 Å². The van der Waals surface area contributed by atoms with Crippen molar-refractivity contribution in [3.63, 3.8) is 0 Å². The van der Waals surface area contributed by atoms with Crippen molar-refractivity contribution in [2.75, 3.05) is 24.8 Å². The van der Waals surface area contributed by atoms with Crippen LogP contribution >= 0.6 is 11.3 Å². The molecule has 0 aliphatic heterocycles. The molecule has 0 bridgehead atoms. The lowest BCUT2D eigenvalue weighted by molar-refractivity contribution is 0.0996. The topological polar surface area (TPSA) is 119 Å². The van der Waals surface area contributed by atoms with Gasteiger partial charge in [-0.1, -0.05) is 49.4 Å². The van der Waals surface area contributed by atoms with Crippen LogP contribution in [0, 0.1) is 0 Å². The van der Waals surface area contributed by atoms with Crippen LogP contribution in [0.25, 0.3) is 10.8 Å². The second kappa shape index (κ2) is 12.8. The number of aldehydes is 1. The molecule has 8 nitrogen and oxygen atoms in total. The number of carbonyl (C=O) groups excluding carboxylic acids is 2. The number of aromatic nitrogens is 2. The van der Waals surface area contributed by atoms with Crippen LogP contribution in [0.4, 0.5) is 16.0 Å². The summed E-state index contributed by atoms with van der Waals surface area (Å²) in [6, 6.07) is 16.8. The van der Waals surface area contributed by atoms with E-state index in [9.17, 15) is 9.59 Å². The fraction of sp³-hybridized carbons (Fsp3) is 0.167. The molecule has 2 aromatic carbocycles. The lowest BCUT2D eigenvalue weighted by Gasteiger charge is -2.03. The van der Waals surface area contributed by atoms with Gasteiger partial charge in [0.25, 0.3) is 5.91 Å². The Labute approximate surface area is 196 Å². The molecule has 2 aromatic heterocycles. The third kappa shape index (κ3) is 7.01. The molecule has 0 spiro atoms. The van der Waals surface area contributed by atoms with E-state index in [1.165, 1.54) is 11.3 Å². The number of nitrogens with zero attached hydrogens (tertiary/aromatic N) is 2. The van der Waals surface area contributed by atoms with Gasteiger partial charge < -0.3 is 21.1 Å². The van der Waals surface area contributed by atoms with Crippen molar-refractivity contribution in [2.45, 2.75) is 13.8 Å². The highest BCUT2D eigenvalue weighted by Gasteiger charge is 2.15. The quantitative estimate of drug-likeness (QED) is 0.339. The molecule has 4 aromatic rings. The van der Waals surface area contributed by atoms with E-state index >= 15 is 0 Å². The van der Waals surface area contributed by atoms with E-state index in [-0.39, 0.29) is 5.69 Å². The second-order valence-electron chi connectivity index (χ2n) is 6.24. The molecule has 0 aliphatic rings. The Hall–Kier alpha value is -3.98. The number of rotatable bonds is 6. The molecule has 0 saturated heterocycles. The van der Waals surface area contributed by atoms with E-state index < -0.39 is 5.91 Å². The van der Waals surface area contributed by atoms with Crippen molar-refractivity contribution < 1.29 is 14.3 Å². The van der Waals surface area contributed by atoms with Gasteiger partial charge >= 0.3 is 0 Å². The number of amides is 1. The summed E-state index contributed by atoms with van der Waals surface area (Å²) in [7, 11) is 3.31. The fourth-order valence-corrected chi connectivity index (χ4v) is 3.48. The summed E-state index contributed by atoms with van der Waals surface area (Å²) in [6.45, 7) is 4.00. The zero-order valence-corrected chi connectivity index (χ0v) is 19.8. The molecule has 4 rings (SSSR count). The average molecular weight is 466 g/mol. The van der Waals surface area contributed by atoms with E-state index in [1.807, 2.05) is 44.2 Å². The number of thiazole rings is 1. The zero-order valence-electron chi connectivity index (χ0n) is 19.0. The van der Waals surface area contributed by atoms with Gasteiger partial charge in [0, 0.05) is 24.2 Å². The molecule has 0 atom stereocenters. The molecule has 0 aliphatic carbocycles. The summed E-state index contributed by atoms with van der Waals surface area (Å²) in [5.41, 5.74) is 6.19. The van der Waals surface area contributed by atoms with Gasteiger partial charge in [0.15, 0.2) is 10.8 Å². The van der Waals surface area contributed by atoms with Crippen LogP contribution in [0.2, 0.25) is 0 Å². The maximum absolute atomic E-state index is 11.3. The Morgan fingerprint density at radius 1 is 1.09 bits per heavy atom. The van der Waals surface area contributed by atoms with Gasteiger partial charge in [-0.3, -0.25) is 9.59 Å². The Kier molecular flexibility index (Phi) is 9.79. The Balaban J connectivity index is 0.000000270. The minimum atomic E-state index is -0.560. The summed E-state index contributed by atoms with van der Waals surface area (Å²) >= 11 is 1.31. The normalized spacial score (nSPS) is 9.58. The third-order valence-electron chi connectivity index (χ3n) is 4.21. The number of nitrogens with two attached hydrogens (primary N) is 1. The number of hydrogen-bond donors (Lipinski definition) is 3. The molecule has 0 fully saturated rings. The maximum atomic E-state index is 11.3. The van der Waals surface area contributed by atoms with Crippen molar-refractivity contribution in [3.8, 4) is 5.75 Å². The Bertz CT molecular complexity index is 1190. The summed E-state index contributed by atoms with van der Waals surface area (Å²) in [5, 5.41) is 9.34. The molecule has 1 amide bonds. The van der Waals surface area contributed by atoms with E-state index in [0.717, 1.165) is 22.8 Å². The highest BCUT2D eigenvalue weighted by atomic mass is 32.1. The minimum Gasteiger partial charge on any atom is -0.497 e. The predicted molar refractivity (Wildman–Crippen MR) is 135 cm³/mol. The Morgan fingerprint density at radius 2 is 1.76 bits per heavy atom. The highest BCUT2D eigenvalue weighted by Crippen LogP contribution is 2.30. The molecule has 0 unspecified atom stereocenters. The van der Waals surface area contributed by atoms with Crippen molar-refractivity contribution in [1.29, 1.82) is 0 Å². The number of benzene rings is 2. The van der Waals surface area contributed by atoms with Gasteiger partial charge in [-0.2, -0.15) is 0 Å². The second-order valence-corrected chi connectivity index (χ2v) is 7.24. The lowest BCUT2D eigenvalue weighted by atomic mass is 10.2. The minimum absolute atomic E-state index is 0.228. The van der Waals surface area contributed by atoms with Crippen LogP contribution in [0.5, 0.6) is 5.75 Å². The van der Waals surface area contributed by atoms with Crippen LogP contribution in [0.1, 0.15) is 34.7 Å². The van der Waals surface area contributed by atoms with Gasteiger partial charge in [-0.05, 0) is 35.7 Å². The van der Waals surface area contributed by atoms with Crippen LogP contribution in [-0.4, -0.2) is 36.3 Å². The summed E-state index contributed by atoms with van der Waals surface area (Å²) < 4.78 is 4.90. The summed E-state index contributed by atoms with van der Waals surface area (Å²) in [5.74, 6) is 0.877. The number of pyridine rings is 1. The third-order valence-corrected chi connectivity index (χ3v) is 5.19. The number of hydrogen-bond acceptors (Lipinski definition) is 8. The van der Waals surface area contributed by atoms with Crippen LogP contribution < -0.4 is 21.1 Å². The van der Waals surface area contributed by atoms with Gasteiger partial charge in [0.1, 0.15) is 22.9 Å². The van der Waals surface area contributed by atoms with Crippen LogP contribution in [0.3, 0.4) is 0 Å². The molecule has 9 heteroatoms. The van der Waals surface area contributed by atoms with Crippen molar-refractivity contribution in [3.05, 3.63) is 72.1 Å². The number of ether oxygens (including phenoxy) is 1. The van der Waals surface area contributed by atoms with Gasteiger partial charge in [0.2, 0.25) is 0 Å². The van der Waals surface area contributed by atoms with Gasteiger partial charge in [-0.25, -0.2) is 9.97 Å². The fourth-order valence-electron chi connectivity index (χ4n) is 2.65. The monoisotopic (exact) mass is 465 g/mol. The number of primary amides is 1. The van der Waals surface area contributed by atoms with Gasteiger partial charge in [-0.15, -0.1) is 0 Å². The lowest BCUT2D eigenvalue weighted by Crippen LogP contribution is -2.13. The first-order chi connectivity index (χ1) is 16.0. The van der Waals surface area contributed by atoms with E-state index in [2.05, 4.69) is 20.6 Å². The molecule has 172 valence electrons. The molecule has 33 heavy (non-hydrogen) atoms. The van der Waals surface area contributed by atoms with Gasteiger partial charge in [0.05, 0.1) is 7.11 Å². The number of anilines is 3. The molecule has 2 heterocycles. The number of carbonyl (C=O) groups is 2. The molecular weight excluding hydrogens is 438 g/mol. The van der Waals surface area contributed by atoms with Crippen molar-refractivity contribution in [2.24, 2.45) is 5.73 Å².